The van der Waals surface area contributed by atoms with E-state index in [-0.39, 0.29) is 5.91 Å². The van der Waals surface area contributed by atoms with Crippen molar-refractivity contribution in [3.63, 3.8) is 0 Å². The number of hydrogen-bond donors (Lipinski definition) is 0. The van der Waals surface area contributed by atoms with Gasteiger partial charge in [0, 0.05) is 51.8 Å². The number of fused-ring (bicyclic) bond motifs is 1. The molecule has 4 heterocycles. The van der Waals surface area contributed by atoms with Gasteiger partial charge in [0.15, 0.2) is 0 Å². The van der Waals surface area contributed by atoms with Gasteiger partial charge < -0.3 is 4.90 Å². The standard InChI is InChI=1S/C18H23N5O/c1-21-8-5-17(20-21)18(24)23-12-15-4-9-22(11-16(15)13-23)10-14-2-6-19-7-3-14/h2-3,5-8,15-16H,4,9-13H2,1H3/t15-,16+/m1/s1. The van der Waals surface area contributed by atoms with Gasteiger partial charge in [0.2, 0.25) is 0 Å². The minimum atomic E-state index is 0.0747. The number of nitrogens with zero attached hydrogens (tertiary/aromatic N) is 5. The van der Waals surface area contributed by atoms with Crippen molar-refractivity contribution in [3.8, 4) is 0 Å². The van der Waals surface area contributed by atoms with Gasteiger partial charge in [-0.05, 0) is 48.6 Å². The van der Waals surface area contributed by atoms with Gasteiger partial charge in [0.1, 0.15) is 5.69 Å². The van der Waals surface area contributed by atoms with Crippen molar-refractivity contribution in [1.82, 2.24) is 24.6 Å². The third-order valence-electron chi connectivity index (χ3n) is 5.26. The van der Waals surface area contributed by atoms with Crippen LogP contribution >= 0.6 is 0 Å². The normalized spacial score (nSPS) is 24.1. The van der Waals surface area contributed by atoms with Crippen LogP contribution in [0.4, 0.5) is 0 Å². The van der Waals surface area contributed by atoms with Gasteiger partial charge in [-0.15, -0.1) is 0 Å². The van der Waals surface area contributed by atoms with Gasteiger partial charge in [-0.2, -0.15) is 5.10 Å². The van der Waals surface area contributed by atoms with Crippen molar-refractivity contribution in [3.05, 3.63) is 48.0 Å². The number of carbonyl (C=O) groups excluding carboxylic acids is 1. The van der Waals surface area contributed by atoms with Gasteiger partial charge >= 0.3 is 0 Å². The van der Waals surface area contributed by atoms with Gasteiger partial charge in [-0.25, -0.2) is 0 Å². The highest BCUT2D eigenvalue weighted by molar-refractivity contribution is 5.92. The molecule has 0 unspecified atom stereocenters. The van der Waals surface area contributed by atoms with Crippen molar-refractivity contribution in [2.45, 2.75) is 13.0 Å². The zero-order chi connectivity index (χ0) is 16.5. The topological polar surface area (TPSA) is 54.3 Å². The number of piperidine rings is 1. The van der Waals surface area contributed by atoms with Crippen molar-refractivity contribution in [2.75, 3.05) is 26.2 Å². The molecule has 0 aliphatic carbocycles. The molecule has 1 amide bonds. The van der Waals surface area contributed by atoms with Crippen molar-refractivity contribution in [1.29, 1.82) is 0 Å². The lowest BCUT2D eigenvalue weighted by Crippen LogP contribution is -2.39. The Balaban J connectivity index is 1.38. The number of hydrogen-bond acceptors (Lipinski definition) is 4. The van der Waals surface area contributed by atoms with E-state index >= 15 is 0 Å². The summed E-state index contributed by atoms with van der Waals surface area (Å²) in [5.74, 6) is 1.28. The van der Waals surface area contributed by atoms with Crippen LogP contribution in [-0.2, 0) is 13.6 Å². The molecule has 126 valence electrons. The molecule has 0 aromatic carbocycles. The molecule has 0 spiro atoms. The Morgan fingerprint density at radius 3 is 2.71 bits per heavy atom. The Kier molecular flexibility index (Phi) is 4.06. The summed E-state index contributed by atoms with van der Waals surface area (Å²) in [4.78, 5) is 21.2. The quantitative estimate of drug-likeness (QED) is 0.856. The minimum Gasteiger partial charge on any atom is -0.337 e. The number of pyridine rings is 1. The second-order valence-corrected chi connectivity index (χ2v) is 6.98. The van der Waals surface area contributed by atoms with Gasteiger partial charge in [0.25, 0.3) is 5.91 Å². The van der Waals surface area contributed by atoms with Crippen LogP contribution in [-0.4, -0.2) is 56.7 Å². The predicted molar refractivity (Wildman–Crippen MR) is 90.2 cm³/mol. The van der Waals surface area contributed by atoms with E-state index in [4.69, 9.17) is 0 Å². The highest BCUT2D eigenvalue weighted by Gasteiger charge is 2.39. The van der Waals surface area contributed by atoms with Crippen LogP contribution in [0.25, 0.3) is 0 Å². The molecule has 2 aliphatic rings. The fourth-order valence-electron chi connectivity index (χ4n) is 3.99. The summed E-state index contributed by atoms with van der Waals surface area (Å²) < 4.78 is 1.69. The van der Waals surface area contributed by atoms with E-state index in [1.807, 2.05) is 30.5 Å². The molecule has 0 bridgehead atoms. The average Bonchev–Trinajstić information content (AvgIpc) is 3.21. The van der Waals surface area contributed by atoms with Crippen molar-refractivity contribution >= 4 is 5.91 Å². The zero-order valence-electron chi connectivity index (χ0n) is 14.0. The predicted octanol–water partition coefficient (Wildman–Crippen LogP) is 1.41. The number of amides is 1. The SMILES string of the molecule is Cn1ccc(C(=O)N2C[C@H]3CCN(Cc4ccncc4)C[C@H]3C2)n1. The van der Waals surface area contributed by atoms with Crippen LogP contribution < -0.4 is 0 Å². The van der Waals surface area contributed by atoms with Crippen molar-refractivity contribution < 1.29 is 4.79 Å². The van der Waals surface area contributed by atoms with Gasteiger partial charge in [0.05, 0.1) is 0 Å². The molecule has 24 heavy (non-hydrogen) atoms. The van der Waals surface area contributed by atoms with Crippen LogP contribution in [0.2, 0.25) is 0 Å². The maximum Gasteiger partial charge on any atom is 0.274 e. The first-order valence-corrected chi connectivity index (χ1v) is 8.59. The second-order valence-electron chi connectivity index (χ2n) is 6.98. The van der Waals surface area contributed by atoms with Crippen molar-refractivity contribution in [2.24, 2.45) is 18.9 Å². The van der Waals surface area contributed by atoms with Crippen LogP contribution in [0.3, 0.4) is 0 Å². The monoisotopic (exact) mass is 325 g/mol. The Labute approximate surface area is 142 Å². The highest BCUT2D eigenvalue weighted by Crippen LogP contribution is 2.32. The third kappa shape index (κ3) is 3.06. The molecule has 2 saturated heterocycles. The fraction of sp³-hybridized carbons (Fsp3) is 0.500. The lowest BCUT2D eigenvalue weighted by Gasteiger charge is -2.34. The smallest absolute Gasteiger partial charge is 0.274 e. The molecule has 2 aromatic heterocycles. The maximum atomic E-state index is 12.6. The molecular formula is C18H23N5O. The molecule has 6 nitrogen and oxygen atoms in total. The van der Waals surface area contributed by atoms with Crippen LogP contribution in [0.1, 0.15) is 22.5 Å². The van der Waals surface area contributed by atoms with Gasteiger partial charge in [-0.1, -0.05) is 0 Å². The number of likely N-dealkylation sites (tertiary alicyclic amines) is 2. The fourth-order valence-corrected chi connectivity index (χ4v) is 3.99. The van der Waals surface area contributed by atoms with E-state index in [0.717, 1.165) is 32.7 Å². The molecule has 0 N–H and O–H groups in total. The van der Waals surface area contributed by atoms with E-state index in [9.17, 15) is 4.79 Å². The highest BCUT2D eigenvalue weighted by atomic mass is 16.2. The number of rotatable bonds is 3. The molecular weight excluding hydrogens is 302 g/mol. The Hall–Kier alpha value is -2.21. The van der Waals surface area contributed by atoms with E-state index < -0.39 is 0 Å². The Morgan fingerprint density at radius 1 is 1.17 bits per heavy atom. The molecule has 2 fully saturated rings. The van der Waals surface area contributed by atoms with Gasteiger partial charge in [-0.3, -0.25) is 19.4 Å². The van der Waals surface area contributed by atoms with Crippen LogP contribution in [0.5, 0.6) is 0 Å². The lowest BCUT2D eigenvalue weighted by atomic mass is 9.88. The van der Waals surface area contributed by atoms with E-state index in [0.29, 0.717) is 17.5 Å². The summed E-state index contributed by atoms with van der Waals surface area (Å²) in [5.41, 5.74) is 1.87. The molecule has 0 radical (unpaired) electrons. The first-order chi connectivity index (χ1) is 11.7. The largest absolute Gasteiger partial charge is 0.337 e. The van der Waals surface area contributed by atoms with Crippen LogP contribution in [0, 0.1) is 11.8 Å². The third-order valence-corrected chi connectivity index (χ3v) is 5.26. The number of carbonyl (C=O) groups is 1. The average molecular weight is 325 g/mol. The van der Waals surface area contributed by atoms with Crippen LogP contribution in [0.15, 0.2) is 36.8 Å². The zero-order valence-corrected chi connectivity index (χ0v) is 14.0. The molecule has 0 saturated carbocycles. The first-order valence-electron chi connectivity index (χ1n) is 8.59. The summed E-state index contributed by atoms with van der Waals surface area (Å²) in [6.07, 6.45) is 6.70. The molecule has 2 aliphatic heterocycles. The lowest BCUT2D eigenvalue weighted by molar-refractivity contribution is 0.0777. The van der Waals surface area contributed by atoms with E-state index in [1.54, 1.807) is 10.7 Å². The maximum absolute atomic E-state index is 12.6. The number of aryl methyl sites for hydroxylation is 1. The summed E-state index contributed by atoms with van der Waals surface area (Å²) in [6, 6.07) is 5.97. The Morgan fingerprint density at radius 2 is 1.96 bits per heavy atom. The summed E-state index contributed by atoms with van der Waals surface area (Å²) in [7, 11) is 1.84. The second kappa shape index (κ2) is 6.36. The minimum absolute atomic E-state index is 0.0747. The van der Waals surface area contributed by atoms with E-state index in [1.165, 1.54) is 12.0 Å². The molecule has 4 rings (SSSR count). The summed E-state index contributed by atoms with van der Waals surface area (Å²) in [5, 5.41) is 4.25. The summed E-state index contributed by atoms with van der Waals surface area (Å²) in [6.45, 7) is 4.88. The molecule has 6 heteroatoms. The number of aromatic nitrogens is 3. The first kappa shape index (κ1) is 15.3. The molecule has 2 aromatic rings. The summed E-state index contributed by atoms with van der Waals surface area (Å²) >= 11 is 0. The Bertz CT molecular complexity index is 713. The molecule has 2 atom stereocenters. The van der Waals surface area contributed by atoms with E-state index in [2.05, 4.69) is 27.1 Å².